The smallest absolute Gasteiger partial charge is 0.271 e. The number of carbonyl (C=O) groups is 1. The van der Waals surface area contributed by atoms with Crippen LogP contribution in [0.5, 0.6) is 5.75 Å². The van der Waals surface area contributed by atoms with E-state index in [0.29, 0.717) is 12.2 Å². The van der Waals surface area contributed by atoms with Crippen LogP contribution in [-0.2, 0) is 0 Å². The van der Waals surface area contributed by atoms with Gasteiger partial charge in [-0.25, -0.2) is 4.68 Å². The molecule has 6 nitrogen and oxygen atoms in total. The summed E-state index contributed by atoms with van der Waals surface area (Å²) >= 11 is 0. The van der Waals surface area contributed by atoms with Gasteiger partial charge in [-0.15, -0.1) is 0 Å². The van der Waals surface area contributed by atoms with E-state index in [1.165, 1.54) is 0 Å². The van der Waals surface area contributed by atoms with E-state index in [0.717, 1.165) is 17.1 Å². The molecule has 1 aromatic carbocycles. The van der Waals surface area contributed by atoms with E-state index in [-0.39, 0.29) is 18.4 Å². The number of hydrogen-bond acceptors (Lipinski definition) is 4. The van der Waals surface area contributed by atoms with Crippen LogP contribution in [0.1, 0.15) is 23.1 Å². The molecule has 0 saturated heterocycles. The summed E-state index contributed by atoms with van der Waals surface area (Å²) in [6, 6.07) is 9.20. The quantitative estimate of drug-likeness (QED) is 0.849. The second-order valence-electron chi connectivity index (χ2n) is 5.28. The van der Waals surface area contributed by atoms with Crippen molar-refractivity contribution in [3.8, 4) is 11.4 Å². The predicted molar refractivity (Wildman–Crippen MR) is 83.4 cm³/mol. The van der Waals surface area contributed by atoms with Gasteiger partial charge in [-0.05, 0) is 43.2 Å². The highest BCUT2D eigenvalue weighted by Crippen LogP contribution is 2.16. The number of ether oxygens (including phenoxy) is 1. The van der Waals surface area contributed by atoms with E-state index in [4.69, 9.17) is 9.84 Å². The summed E-state index contributed by atoms with van der Waals surface area (Å²) in [6.45, 7) is 4.22. The number of aromatic nitrogens is 2. The number of hydrogen-bond donors (Lipinski definition) is 2. The third-order valence-electron chi connectivity index (χ3n) is 3.36. The first-order valence-corrected chi connectivity index (χ1v) is 7.15. The molecular weight excluding hydrogens is 282 g/mol. The molecule has 0 saturated carbocycles. The molecule has 0 aliphatic carbocycles. The molecule has 118 valence electrons. The molecule has 1 atom stereocenters. The lowest BCUT2D eigenvalue weighted by Gasteiger charge is -2.08. The van der Waals surface area contributed by atoms with Gasteiger partial charge >= 0.3 is 0 Å². The van der Waals surface area contributed by atoms with E-state index in [1.54, 1.807) is 17.9 Å². The zero-order chi connectivity index (χ0) is 16.1. The highest BCUT2D eigenvalue weighted by atomic mass is 16.5. The number of nitrogens with zero attached hydrogens (tertiary/aromatic N) is 2. The Labute approximate surface area is 129 Å². The highest BCUT2D eigenvalue weighted by Gasteiger charge is 2.14. The molecule has 2 aromatic rings. The summed E-state index contributed by atoms with van der Waals surface area (Å²) in [5.74, 6) is 0.550. The number of benzene rings is 1. The molecule has 0 aliphatic rings. The molecule has 0 bridgehead atoms. The molecule has 2 N–H and O–H groups in total. The summed E-state index contributed by atoms with van der Waals surface area (Å²) in [5.41, 5.74) is 2.09. The second kappa shape index (κ2) is 7.09. The van der Waals surface area contributed by atoms with Gasteiger partial charge in [0, 0.05) is 18.8 Å². The number of amides is 1. The Hall–Kier alpha value is -2.34. The van der Waals surface area contributed by atoms with Crippen molar-refractivity contribution < 1.29 is 14.6 Å². The van der Waals surface area contributed by atoms with Gasteiger partial charge in [0.05, 0.1) is 12.8 Å². The van der Waals surface area contributed by atoms with Crippen LogP contribution in [-0.4, -0.2) is 41.1 Å². The van der Waals surface area contributed by atoms with Crippen LogP contribution in [0.4, 0.5) is 0 Å². The van der Waals surface area contributed by atoms with Crippen molar-refractivity contribution in [1.29, 1.82) is 0 Å². The first kappa shape index (κ1) is 16.0. The van der Waals surface area contributed by atoms with Crippen molar-refractivity contribution >= 4 is 5.91 Å². The van der Waals surface area contributed by atoms with Crippen molar-refractivity contribution in [1.82, 2.24) is 15.1 Å². The maximum Gasteiger partial charge on any atom is 0.271 e. The maximum absolute atomic E-state index is 12.1. The molecule has 0 radical (unpaired) electrons. The van der Waals surface area contributed by atoms with Gasteiger partial charge in [0.1, 0.15) is 5.75 Å². The van der Waals surface area contributed by atoms with Crippen LogP contribution >= 0.6 is 0 Å². The normalized spacial score (nSPS) is 12.0. The fraction of sp³-hybridized carbons (Fsp3) is 0.375. The van der Waals surface area contributed by atoms with Gasteiger partial charge in [-0.1, -0.05) is 6.92 Å². The molecule has 0 spiro atoms. The first-order chi connectivity index (χ1) is 10.5. The van der Waals surface area contributed by atoms with Crippen LogP contribution in [0.3, 0.4) is 0 Å². The second-order valence-corrected chi connectivity index (χ2v) is 5.28. The Morgan fingerprint density at radius 1 is 1.41 bits per heavy atom. The standard InChI is InChI=1S/C16H21N3O3/c1-11(10-20)9-17-16(21)15-8-12(2)19(18-15)13-4-6-14(22-3)7-5-13/h4-8,11,20H,9-10H2,1-3H3,(H,17,21). The largest absolute Gasteiger partial charge is 0.497 e. The SMILES string of the molecule is COc1ccc(-n2nc(C(=O)NCC(C)CO)cc2C)cc1. The maximum atomic E-state index is 12.1. The molecule has 1 aromatic heterocycles. The van der Waals surface area contributed by atoms with E-state index >= 15 is 0 Å². The Morgan fingerprint density at radius 2 is 2.09 bits per heavy atom. The Kier molecular flexibility index (Phi) is 5.16. The molecule has 0 aliphatic heterocycles. The number of aryl methyl sites for hydroxylation is 1. The lowest BCUT2D eigenvalue weighted by molar-refractivity contribution is 0.0937. The van der Waals surface area contributed by atoms with Crippen LogP contribution in [0.25, 0.3) is 5.69 Å². The number of rotatable bonds is 6. The highest BCUT2D eigenvalue weighted by molar-refractivity contribution is 5.92. The third kappa shape index (κ3) is 3.65. The fourth-order valence-corrected chi connectivity index (χ4v) is 1.99. The molecule has 1 heterocycles. The molecule has 1 amide bonds. The lowest BCUT2D eigenvalue weighted by atomic mass is 10.2. The number of methoxy groups -OCH3 is 1. The van der Waals surface area contributed by atoms with E-state index in [9.17, 15) is 4.79 Å². The van der Waals surface area contributed by atoms with Gasteiger partial charge in [0.25, 0.3) is 5.91 Å². The third-order valence-corrected chi connectivity index (χ3v) is 3.36. The van der Waals surface area contributed by atoms with Crippen LogP contribution in [0, 0.1) is 12.8 Å². The lowest BCUT2D eigenvalue weighted by Crippen LogP contribution is -2.29. The number of aliphatic hydroxyl groups is 1. The number of carbonyl (C=O) groups excluding carboxylic acids is 1. The summed E-state index contributed by atoms with van der Waals surface area (Å²) in [5, 5.41) is 16.1. The minimum atomic E-state index is -0.240. The van der Waals surface area contributed by atoms with Gasteiger partial charge in [-0.3, -0.25) is 4.79 Å². The summed E-state index contributed by atoms with van der Waals surface area (Å²) < 4.78 is 6.84. The van der Waals surface area contributed by atoms with E-state index in [2.05, 4.69) is 10.4 Å². The van der Waals surface area contributed by atoms with Crippen molar-refractivity contribution in [2.24, 2.45) is 5.92 Å². The van der Waals surface area contributed by atoms with E-state index in [1.807, 2.05) is 38.1 Å². The fourth-order valence-electron chi connectivity index (χ4n) is 1.99. The molecule has 1 unspecified atom stereocenters. The zero-order valence-corrected chi connectivity index (χ0v) is 13.0. The summed E-state index contributed by atoms with van der Waals surface area (Å²) in [6.07, 6.45) is 0. The van der Waals surface area contributed by atoms with Crippen molar-refractivity contribution in [3.63, 3.8) is 0 Å². The molecule has 2 rings (SSSR count). The molecule has 22 heavy (non-hydrogen) atoms. The van der Waals surface area contributed by atoms with E-state index < -0.39 is 0 Å². The molecular formula is C16H21N3O3. The monoisotopic (exact) mass is 303 g/mol. The topological polar surface area (TPSA) is 76.4 Å². The summed E-state index contributed by atoms with van der Waals surface area (Å²) in [7, 11) is 1.62. The first-order valence-electron chi connectivity index (χ1n) is 7.15. The Balaban J connectivity index is 2.14. The Bertz CT molecular complexity index is 635. The zero-order valence-electron chi connectivity index (χ0n) is 13.0. The van der Waals surface area contributed by atoms with Crippen molar-refractivity contribution in [3.05, 3.63) is 41.7 Å². The minimum Gasteiger partial charge on any atom is -0.497 e. The van der Waals surface area contributed by atoms with Crippen LogP contribution in [0.2, 0.25) is 0 Å². The van der Waals surface area contributed by atoms with Crippen LogP contribution < -0.4 is 10.1 Å². The minimum absolute atomic E-state index is 0.0220. The predicted octanol–water partition coefficient (Wildman–Crippen LogP) is 1.55. The van der Waals surface area contributed by atoms with Gasteiger partial charge in [0.15, 0.2) is 5.69 Å². The van der Waals surface area contributed by atoms with Gasteiger partial charge in [0.2, 0.25) is 0 Å². The van der Waals surface area contributed by atoms with Gasteiger partial charge in [-0.2, -0.15) is 5.10 Å². The molecule has 0 fully saturated rings. The molecule has 6 heteroatoms. The average Bonchev–Trinajstić information content (AvgIpc) is 2.94. The van der Waals surface area contributed by atoms with Gasteiger partial charge < -0.3 is 15.2 Å². The Morgan fingerprint density at radius 3 is 2.68 bits per heavy atom. The van der Waals surface area contributed by atoms with Crippen molar-refractivity contribution in [2.45, 2.75) is 13.8 Å². The van der Waals surface area contributed by atoms with Crippen molar-refractivity contribution in [2.75, 3.05) is 20.3 Å². The van der Waals surface area contributed by atoms with Crippen LogP contribution in [0.15, 0.2) is 30.3 Å². The summed E-state index contributed by atoms with van der Waals surface area (Å²) in [4.78, 5) is 12.1. The average molecular weight is 303 g/mol. The number of aliphatic hydroxyl groups excluding tert-OH is 1. The number of nitrogens with one attached hydrogen (secondary N) is 1.